The van der Waals surface area contributed by atoms with Gasteiger partial charge in [0.15, 0.2) is 0 Å². The molecule has 0 spiro atoms. The Morgan fingerprint density at radius 2 is 2.29 bits per heavy atom. The highest BCUT2D eigenvalue weighted by molar-refractivity contribution is 7.17. The number of nitrogens with zero attached hydrogens (tertiary/aromatic N) is 1. The molecule has 1 aliphatic rings. The second-order valence-electron chi connectivity index (χ2n) is 5.87. The first-order valence-corrected chi connectivity index (χ1v) is 8.89. The Hall–Kier alpha value is -0.970. The van der Waals surface area contributed by atoms with Crippen molar-refractivity contribution >= 4 is 21.6 Å². The minimum absolute atomic E-state index is 0.423. The summed E-state index contributed by atoms with van der Waals surface area (Å²) in [5, 5.41) is 5.83. The Morgan fingerprint density at radius 3 is 3.10 bits per heavy atom. The molecule has 0 saturated carbocycles. The van der Waals surface area contributed by atoms with Gasteiger partial charge in [0, 0.05) is 25.5 Å². The predicted molar refractivity (Wildman–Crippen MR) is 88.8 cm³/mol. The molecular weight excluding hydrogens is 280 g/mol. The van der Waals surface area contributed by atoms with Crippen LogP contribution in [0.15, 0.2) is 23.7 Å². The van der Waals surface area contributed by atoms with Crippen molar-refractivity contribution in [3.8, 4) is 0 Å². The van der Waals surface area contributed by atoms with Gasteiger partial charge in [0.05, 0.1) is 10.2 Å². The maximum atomic E-state index is 5.48. The maximum Gasteiger partial charge on any atom is 0.0809 e. The van der Waals surface area contributed by atoms with E-state index in [9.17, 15) is 0 Å². The summed E-state index contributed by atoms with van der Waals surface area (Å²) in [4.78, 5) is 4.61. The molecule has 114 valence electrons. The van der Waals surface area contributed by atoms with E-state index >= 15 is 0 Å². The molecule has 2 aromatic heterocycles. The molecule has 0 bridgehead atoms. The number of nitrogens with one attached hydrogen (secondary N) is 1. The minimum atomic E-state index is 0.423. The van der Waals surface area contributed by atoms with E-state index < -0.39 is 0 Å². The summed E-state index contributed by atoms with van der Waals surface area (Å²) in [6, 6.07) is 4.84. The van der Waals surface area contributed by atoms with Gasteiger partial charge >= 0.3 is 0 Å². The molecule has 0 aromatic carbocycles. The Kier molecular flexibility index (Phi) is 5.22. The molecule has 1 unspecified atom stereocenters. The zero-order valence-electron chi connectivity index (χ0n) is 12.7. The molecule has 3 nitrogen and oxygen atoms in total. The van der Waals surface area contributed by atoms with E-state index in [4.69, 9.17) is 4.74 Å². The van der Waals surface area contributed by atoms with E-state index in [0.29, 0.717) is 6.04 Å². The molecule has 21 heavy (non-hydrogen) atoms. The fourth-order valence-corrected chi connectivity index (χ4v) is 3.81. The lowest BCUT2D eigenvalue weighted by atomic mass is 9.90. The molecule has 1 fully saturated rings. The van der Waals surface area contributed by atoms with Gasteiger partial charge in [-0.15, -0.1) is 11.3 Å². The Balaban J connectivity index is 1.75. The SMILES string of the molecule is CCCNC(CC1CCOCC1)c1cnc2ccsc2c1. The van der Waals surface area contributed by atoms with Gasteiger partial charge in [-0.2, -0.15) is 0 Å². The third-order valence-electron chi connectivity index (χ3n) is 4.28. The largest absolute Gasteiger partial charge is 0.381 e. The highest BCUT2D eigenvalue weighted by Gasteiger charge is 2.20. The van der Waals surface area contributed by atoms with Gasteiger partial charge in [-0.1, -0.05) is 6.92 Å². The molecule has 0 aliphatic carbocycles. The topological polar surface area (TPSA) is 34.1 Å². The smallest absolute Gasteiger partial charge is 0.0809 e. The van der Waals surface area contributed by atoms with Gasteiger partial charge in [-0.25, -0.2) is 0 Å². The summed E-state index contributed by atoms with van der Waals surface area (Å²) < 4.78 is 6.78. The quantitative estimate of drug-likeness (QED) is 0.870. The molecular formula is C17H24N2OS. The molecule has 1 saturated heterocycles. The predicted octanol–water partition coefficient (Wildman–Crippen LogP) is 4.15. The van der Waals surface area contributed by atoms with Crippen molar-refractivity contribution in [2.45, 2.75) is 38.6 Å². The minimum Gasteiger partial charge on any atom is -0.381 e. The van der Waals surface area contributed by atoms with Crippen LogP contribution in [-0.4, -0.2) is 24.7 Å². The van der Waals surface area contributed by atoms with Crippen LogP contribution >= 0.6 is 11.3 Å². The van der Waals surface area contributed by atoms with E-state index in [1.54, 1.807) is 11.3 Å². The van der Waals surface area contributed by atoms with Crippen molar-refractivity contribution in [3.63, 3.8) is 0 Å². The third kappa shape index (κ3) is 3.82. The van der Waals surface area contributed by atoms with Gasteiger partial charge in [0.25, 0.3) is 0 Å². The number of aromatic nitrogens is 1. The fourth-order valence-electron chi connectivity index (χ4n) is 3.02. The first kappa shape index (κ1) is 14.9. The zero-order valence-corrected chi connectivity index (χ0v) is 13.5. The standard InChI is InChI=1S/C17H24N2OS/c1-2-6-18-16(10-13-3-7-20-8-4-13)14-11-17-15(19-12-14)5-9-21-17/h5,9,11-13,16,18H,2-4,6-8,10H2,1H3. The summed E-state index contributed by atoms with van der Waals surface area (Å²) in [6.07, 6.45) is 6.81. The van der Waals surface area contributed by atoms with Crippen LogP contribution < -0.4 is 5.32 Å². The number of hydrogen-bond donors (Lipinski definition) is 1. The molecule has 1 N–H and O–H groups in total. The summed E-state index contributed by atoms with van der Waals surface area (Å²) >= 11 is 1.78. The second-order valence-corrected chi connectivity index (χ2v) is 6.82. The van der Waals surface area contributed by atoms with E-state index in [1.807, 2.05) is 0 Å². The molecule has 1 aliphatic heterocycles. The first-order chi connectivity index (χ1) is 10.4. The summed E-state index contributed by atoms with van der Waals surface area (Å²) in [6.45, 7) is 5.14. The normalized spacial score (nSPS) is 18.1. The van der Waals surface area contributed by atoms with E-state index in [0.717, 1.165) is 31.2 Å². The van der Waals surface area contributed by atoms with Crippen LogP contribution in [0.25, 0.3) is 10.2 Å². The van der Waals surface area contributed by atoms with E-state index in [1.165, 1.54) is 35.9 Å². The van der Waals surface area contributed by atoms with Crippen molar-refractivity contribution < 1.29 is 4.74 Å². The molecule has 1 atom stereocenters. The number of thiophene rings is 1. The lowest BCUT2D eigenvalue weighted by Gasteiger charge is -2.27. The monoisotopic (exact) mass is 304 g/mol. The summed E-state index contributed by atoms with van der Waals surface area (Å²) in [5.74, 6) is 0.770. The van der Waals surface area contributed by atoms with E-state index in [-0.39, 0.29) is 0 Å². The highest BCUT2D eigenvalue weighted by Crippen LogP contribution is 2.29. The Labute approximate surface area is 130 Å². The lowest BCUT2D eigenvalue weighted by Crippen LogP contribution is -2.27. The highest BCUT2D eigenvalue weighted by atomic mass is 32.1. The van der Waals surface area contributed by atoms with Gasteiger partial charge < -0.3 is 10.1 Å². The van der Waals surface area contributed by atoms with Crippen molar-refractivity contribution in [3.05, 3.63) is 29.3 Å². The van der Waals surface area contributed by atoms with Gasteiger partial charge in [0.2, 0.25) is 0 Å². The van der Waals surface area contributed by atoms with Gasteiger partial charge in [-0.05, 0) is 61.2 Å². The molecule has 0 amide bonds. The number of rotatable bonds is 6. The summed E-state index contributed by atoms with van der Waals surface area (Å²) in [7, 11) is 0. The number of fused-ring (bicyclic) bond motifs is 1. The lowest BCUT2D eigenvalue weighted by molar-refractivity contribution is 0.0605. The summed E-state index contributed by atoms with van der Waals surface area (Å²) in [5.41, 5.74) is 2.45. The zero-order chi connectivity index (χ0) is 14.5. The van der Waals surface area contributed by atoms with Gasteiger partial charge in [0.1, 0.15) is 0 Å². The average molecular weight is 304 g/mol. The second kappa shape index (κ2) is 7.34. The first-order valence-electron chi connectivity index (χ1n) is 8.01. The van der Waals surface area contributed by atoms with Crippen LogP contribution in [0.2, 0.25) is 0 Å². The maximum absolute atomic E-state index is 5.48. The van der Waals surface area contributed by atoms with Crippen LogP contribution in [0.4, 0.5) is 0 Å². The number of ether oxygens (including phenoxy) is 1. The number of hydrogen-bond acceptors (Lipinski definition) is 4. The molecule has 2 aromatic rings. The molecule has 3 heterocycles. The Morgan fingerprint density at radius 1 is 1.43 bits per heavy atom. The average Bonchev–Trinajstić information content (AvgIpc) is 3.00. The third-order valence-corrected chi connectivity index (χ3v) is 5.13. The molecule has 4 heteroatoms. The van der Waals surface area contributed by atoms with Crippen LogP contribution in [0.1, 0.15) is 44.2 Å². The van der Waals surface area contributed by atoms with Crippen molar-refractivity contribution in [2.24, 2.45) is 5.92 Å². The fraction of sp³-hybridized carbons (Fsp3) is 0.588. The van der Waals surface area contributed by atoms with Crippen LogP contribution in [-0.2, 0) is 4.74 Å². The Bertz CT molecular complexity index is 563. The van der Waals surface area contributed by atoms with Crippen LogP contribution in [0, 0.1) is 5.92 Å². The van der Waals surface area contributed by atoms with Crippen molar-refractivity contribution in [1.29, 1.82) is 0 Å². The van der Waals surface area contributed by atoms with Crippen LogP contribution in [0.3, 0.4) is 0 Å². The number of pyridine rings is 1. The molecule has 0 radical (unpaired) electrons. The molecule has 3 rings (SSSR count). The van der Waals surface area contributed by atoms with E-state index in [2.05, 4.69) is 40.9 Å². The van der Waals surface area contributed by atoms with Crippen molar-refractivity contribution in [1.82, 2.24) is 10.3 Å². The van der Waals surface area contributed by atoms with Crippen molar-refractivity contribution in [2.75, 3.05) is 19.8 Å². The van der Waals surface area contributed by atoms with Crippen LogP contribution in [0.5, 0.6) is 0 Å². The van der Waals surface area contributed by atoms with Gasteiger partial charge in [-0.3, -0.25) is 4.98 Å².